The van der Waals surface area contributed by atoms with E-state index >= 15 is 0 Å². The predicted octanol–water partition coefficient (Wildman–Crippen LogP) is 1.07. The third-order valence-corrected chi connectivity index (χ3v) is 2.59. The van der Waals surface area contributed by atoms with Crippen molar-refractivity contribution in [1.29, 1.82) is 0 Å². The Hall–Kier alpha value is -1.20. The molecule has 0 bridgehead atoms. The van der Waals surface area contributed by atoms with Gasteiger partial charge in [0.2, 0.25) is 0 Å². The number of nitrogens with two attached hydrogens (primary N) is 1. The Kier molecular flexibility index (Phi) is 5.31. The SMILES string of the molecule is CN(C)CCCN(C)c1ncc(F)cc1CN. The number of halogens is 1. The van der Waals surface area contributed by atoms with E-state index < -0.39 is 0 Å². The lowest BCUT2D eigenvalue weighted by Crippen LogP contribution is -2.25. The highest BCUT2D eigenvalue weighted by Gasteiger charge is 2.09. The molecule has 0 saturated carbocycles. The second kappa shape index (κ2) is 6.51. The minimum atomic E-state index is -0.337. The zero-order valence-electron chi connectivity index (χ0n) is 10.8. The largest absolute Gasteiger partial charge is 0.359 e. The summed E-state index contributed by atoms with van der Waals surface area (Å²) in [6.07, 6.45) is 2.27. The molecule has 0 atom stereocenters. The van der Waals surface area contributed by atoms with Gasteiger partial charge in [0.05, 0.1) is 6.20 Å². The lowest BCUT2D eigenvalue weighted by atomic mass is 10.2. The predicted molar refractivity (Wildman–Crippen MR) is 68.5 cm³/mol. The van der Waals surface area contributed by atoms with Gasteiger partial charge in [0, 0.05) is 25.7 Å². The van der Waals surface area contributed by atoms with Crippen molar-refractivity contribution in [2.75, 3.05) is 39.1 Å². The highest BCUT2D eigenvalue weighted by molar-refractivity contribution is 5.46. The maximum absolute atomic E-state index is 13.0. The first-order valence-corrected chi connectivity index (χ1v) is 5.75. The molecule has 0 fully saturated rings. The maximum Gasteiger partial charge on any atom is 0.141 e. The van der Waals surface area contributed by atoms with Gasteiger partial charge in [-0.25, -0.2) is 9.37 Å². The minimum absolute atomic E-state index is 0.304. The van der Waals surface area contributed by atoms with Crippen LogP contribution in [0.4, 0.5) is 10.2 Å². The van der Waals surface area contributed by atoms with Crippen LogP contribution in [0.3, 0.4) is 0 Å². The van der Waals surface area contributed by atoms with Gasteiger partial charge in [0.25, 0.3) is 0 Å². The fourth-order valence-corrected chi connectivity index (χ4v) is 1.70. The number of pyridine rings is 1. The van der Waals surface area contributed by atoms with Crippen molar-refractivity contribution in [1.82, 2.24) is 9.88 Å². The van der Waals surface area contributed by atoms with Crippen molar-refractivity contribution in [3.05, 3.63) is 23.6 Å². The fourth-order valence-electron chi connectivity index (χ4n) is 1.70. The van der Waals surface area contributed by atoms with Crippen molar-refractivity contribution in [3.63, 3.8) is 0 Å². The number of hydrogen-bond donors (Lipinski definition) is 1. The first kappa shape index (κ1) is 13.9. The zero-order valence-corrected chi connectivity index (χ0v) is 10.8. The lowest BCUT2D eigenvalue weighted by Gasteiger charge is -2.21. The summed E-state index contributed by atoms with van der Waals surface area (Å²) in [4.78, 5) is 8.26. The Morgan fingerprint density at radius 1 is 1.29 bits per heavy atom. The van der Waals surface area contributed by atoms with Gasteiger partial charge in [-0.3, -0.25) is 0 Å². The van der Waals surface area contributed by atoms with E-state index in [9.17, 15) is 4.39 Å². The summed E-state index contributed by atoms with van der Waals surface area (Å²) in [5.74, 6) is 0.434. The molecule has 0 unspecified atom stereocenters. The molecule has 1 heterocycles. The molecule has 0 radical (unpaired) electrons. The smallest absolute Gasteiger partial charge is 0.141 e. The second-order valence-corrected chi connectivity index (χ2v) is 4.42. The molecule has 1 aromatic rings. The molecular formula is C12H21FN4. The third-order valence-electron chi connectivity index (χ3n) is 2.59. The monoisotopic (exact) mass is 240 g/mol. The normalized spacial score (nSPS) is 10.9. The lowest BCUT2D eigenvalue weighted by molar-refractivity contribution is 0.401. The molecule has 0 saturated heterocycles. The highest BCUT2D eigenvalue weighted by atomic mass is 19.1. The zero-order chi connectivity index (χ0) is 12.8. The fraction of sp³-hybridized carbons (Fsp3) is 0.583. The van der Waals surface area contributed by atoms with Gasteiger partial charge in [0.1, 0.15) is 11.6 Å². The summed E-state index contributed by atoms with van der Waals surface area (Å²) < 4.78 is 13.0. The van der Waals surface area contributed by atoms with Crippen LogP contribution in [0.25, 0.3) is 0 Å². The topological polar surface area (TPSA) is 45.4 Å². The van der Waals surface area contributed by atoms with E-state index in [1.807, 2.05) is 26.0 Å². The Labute approximate surface area is 102 Å². The molecule has 4 nitrogen and oxygen atoms in total. The number of nitrogens with zero attached hydrogens (tertiary/aromatic N) is 3. The maximum atomic E-state index is 13.0. The van der Waals surface area contributed by atoms with Crippen LogP contribution in [-0.2, 0) is 6.54 Å². The van der Waals surface area contributed by atoms with Gasteiger partial charge in [-0.1, -0.05) is 0 Å². The standard InChI is InChI=1S/C12H21FN4/c1-16(2)5-4-6-17(3)12-10(8-14)7-11(13)9-15-12/h7,9H,4-6,8,14H2,1-3H3. The van der Waals surface area contributed by atoms with Crippen LogP contribution in [0.15, 0.2) is 12.3 Å². The van der Waals surface area contributed by atoms with Crippen LogP contribution >= 0.6 is 0 Å². The molecule has 1 rings (SSSR count). The Morgan fingerprint density at radius 2 is 2.00 bits per heavy atom. The number of anilines is 1. The van der Waals surface area contributed by atoms with Crippen LogP contribution in [0.2, 0.25) is 0 Å². The number of hydrogen-bond acceptors (Lipinski definition) is 4. The summed E-state index contributed by atoms with van der Waals surface area (Å²) in [7, 11) is 6.04. The van der Waals surface area contributed by atoms with Gasteiger partial charge >= 0.3 is 0 Å². The molecule has 17 heavy (non-hydrogen) atoms. The highest BCUT2D eigenvalue weighted by Crippen LogP contribution is 2.16. The van der Waals surface area contributed by atoms with E-state index in [0.717, 1.165) is 30.9 Å². The van der Waals surface area contributed by atoms with E-state index in [0.29, 0.717) is 6.54 Å². The average molecular weight is 240 g/mol. The molecule has 2 N–H and O–H groups in total. The number of rotatable bonds is 6. The van der Waals surface area contributed by atoms with E-state index in [-0.39, 0.29) is 5.82 Å². The van der Waals surface area contributed by atoms with Gasteiger partial charge in [0.15, 0.2) is 0 Å². The molecule has 0 amide bonds. The molecule has 0 aliphatic heterocycles. The minimum Gasteiger partial charge on any atom is -0.359 e. The van der Waals surface area contributed by atoms with Crippen LogP contribution in [0, 0.1) is 5.82 Å². The van der Waals surface area contributed by atoms with Gasteiger partial charge < -0.3 is 15.5 Å². The van der Waals surface area contributed by atoms with Gasteiger partial charge in [-0.15, -0.1) is 0 Å². The molecule has 0 aliphatic rings. The van der Waals surface area contributed by atoms with E-state index in [1.165, 1.54) is 12.3 Å². The van der Waals surface area contributed by atoms with Crippen molar-refractivity contribution < 1.29 is 4.39 Å². The Balaban J connectivity index is 2.64. The second-order valence-electron chi connectivity index (χ2n) is 4.42. The van der Waals surface area contributed by atoms with Crippen molar-refractivity contribution >= 4 is 5.82 Å². The Bertz CT molecular complexity index is 354. The molecule has 5 heteroatoms. The van der Waals surface area contributed by atoms with Crippen LogP contribution < -0.4 is 10.6 Å². The van der Waals surface area contributed by atoms with Crippen molar-refractivity contribution in [2.24, 2.45) is 5.73 Å². The summed E-state index contributed by atoms with van der Waals surface area (Å²) in [6, 6.07) is 1.45. The quantitative estimate of drug-likeness (QED) is 0.808. The van der Waals surface area contributed by atoms with Crippen molar-refractivity contribution in [3.8, 4) is 0 Å². The van der Waals surface area contributed by atoms with Crippen LogP contribution in [0.5, 0.6) is 0 Å². The molecule has 0 aromatic carbocycles. The van der Waals surface area contributed by atoms with Crippen molar-refractivity contribution in [2.45, 2.75) is 13.0 Å². The molecular weight excluding hydrogens is 219 g/mol. The molecule has 0 spiro atoms. The summed E-state index contributed by atoms with van der Waals surface area (Å²) in [6.45, 7) is 2.20. The molecule has 96 valence electrons. The summed E-state index contributed by atoms with van der Waals surface area (Å²) in [5, 5.41) is 0. The van der Waals surface area contributed by atoms with E-state index in [2.05, 4.69) is 9.88 Å². The van der Waals surface area contributed by atoms with E-state index in [1.54, 1.807) is 0 Å². The third kappa shape index (κ3) is 4.28. The van der Waals surface area contributed by atoms with Crippen LogP contribution in [0.1, 0.15) is 12.0 Å². The van der Waals surface area contributed by atoms with E-state index in [4.69, 9.17) is 5.73 Å². The van der Waals surface area contributed by atoms with Gasteiger partial charge in [-0.05, 0) is 33.1 Å². The molecule has 1 aromatic heterocycles. The van der Waals surface area contributed by atoms with Gasteiger partial charge in [-0.2, -0.15) is 0 Å². The molecule has 0 aliphatic carbocycles. The average Bonchev–Trinajstić information content (AvgIpc) is 2.28. The summed E-state index contributed by atoms with van der Waals surface area (Å²) in [5.41, 5.74) is 6.34. The summed E-state index contributed by atoms with van der Waals surface area (Å²) >= 11 is 0. The Morgan fingerprint density at radius 3 is 2.59 bits per heavy atom. The van der Waals surface area contributed by atoms with Crippen LogP contribution in [-0.4, -0.2) is 44.1 Å². The first-order chi connectivity index (χ1) is 8.04. The first-order valence-electron chi connectivity index (χ1n) is 5.75. The number of aromatic nitrogens is 1.